The van der Waals surface area contributed by atoms with E-state index in [0.717, 1.165) is 6.42 Å². The normalized spacial score (nSPS) is 11.8. The molecule has 0 unspecified atom stereocenters. The first-order chi connectivity index (χ1) is 22.3. The van der Waals surface area contributed by atoms with Crippen LogP contribution in [0.15, 0.2) is 158 Å². The van der Waals surface area contributed by atoms with E-state index in [4.69, 9.17) is 0 Å². The topological polar surface area (TPSA) is 4.93 Å². The summed E-state index contributed by atoms with van der Waals surface area (Å²) in [7, 11) is 0. The van der Waals surface area contributed by atoms with Gasteiger partial charge in [-0.1, -0.05) is 128 Å². The molecule has 0 aliphatic heterocycles. The highest BCUT2D eigenvalue weighted by atomic mass is 15.0. The lowest BCUT2D eigenvalue weighted by molar-refractivity contribution is 1.14. The average molecular weight is 574 g/mol. The highest BCUT2D eigenvalue weighted by Crippen LogP contribution is 2.39. The summed E-state index contributed by atoms with van der Waals surface area (Å²) >= 11 is 0. The molecule has 0 aliphatic carbocycles. The molecule has 0 amide bonds. The summed E-state index contributed by atoms with van der Waals surface area (Å²) in [5.41, 5.74) is 10.0. The smallest absolute Gasteiger partial charge is 0.0541 e. The second-order valence-electron chi connectivity index (χ2n) is 12.0. The van der Waals surface area contributed by atoms with Crippen LogP contribution in [0.25, 0.3) is 82.1 Å². The lowest BCUT2D eigenvalue weighted by Crippen LogP contribution is -1.94. The third kappa shape index (κ3) is 4.01. The molecule has 1 heterocycles. The quantitative estimate of drug-likeness (QED) is 0.185. The first-order valence-electron chi connectivity index (χ1n) is 15.8. The number of hydrogen-bond acceptors (Lipinski definition) is 0. The molecule has 0 bridgehead atoms. The van der Waals surface area contributed by atoms with Crippen molar-refractivity contribution in [3.63, 3.8) is 0 Å². The van der Waals surface area contributed by atoms with E-state index in [2.05, 4.69) is 169 Å². The van der Waals surface area contributed by atoms with Gasteiger partial charge in [0.2, 0.25) is 0 Å². The van der Waals surface area contributed by atoms with Crippen LogP contribution < -0.4 is 0 Å². The van der Waals surface area contributed by atoms with Crippen molar-refractivity contribution >= 4 is 54.1 Å². The van der Waals surface area contributed by atoms with Gasteiger partial charge in [0.05, 0.1) is 11.0 Å². The van der Waals surface area contributed by atoms with Gasteiger partial charge >= 0.3 is 0 Å². The first kappa shape index (κ1) is 25.8. The highest BCUT2D eigenvalue weighted by Gasteiger charge is 2.15. The van der Waals surface area contributed by atoms with Crippen molar-refractivity contribution in [3.8, 4) is 27.9 Å². The number of para-hydroxylation sites is 1. The Hall–Kier alpha value is -5.66. The second kappa shape index (κ2) is 10.2. The minimum atomic E-state index is 1.02. The van der Waals surface area contributed by atoms with Crippen LogP contribution in [0.3, 0.4) is 0 Å². The highest BCUT2D eigenvalue weighted by molar-refractivity contribution is 6.25. The molecule has 0 aliphatic rings. The number of nitrogens with zero attached hydrogens (tertiary/aromatic N) is 1. The summed E-state index contributed by atoms with van der Waals surface area (Å²) in [6.45, 7) is 2.23. The van der Waals surface area contributed by atoms with E-state index < -0.39 is 0 Å². The molecule has 0 atom stereocenters. The molecule has 1 heteroatoms. The maximum absolute atomic E-state index is 2.42. The van der Waals surface area contributed by atoms with E-state index in [1.54, 1.807) is 0 Å². The molecule has 8 aromatic carbocycles. The third-order valence-electron chi connectivity index (χ3n) is 9.56. The van der Waals surface area contributed by atoms with Crippen LogP contribution in [0.1, 0.15) is 12.5 Å². The van der Waals surface area contributed by atoms with Gasteiger partial charge < -0.3 is 4.57 Å². The van der Waals surface area contributed by atoms with Crippen molar-refractivity contribution < 1.29 is 0 Å². The molecule has 0 N–H and O–H groups in total. The Kier molecular flexibility index (Phi) is 5.86. The molecule has 0 spiro atoms. The van der Waals surface area contributed by atoms with E-state index in [9.17, 15) is 0 Å². The van der Waals surface area contributed by atoms with Gasteiger partial charge in [0.25, 0.3) is 0 Å². The number of benzene rings is 8. The standard InChI is InChI=1S/C44H31N/c1-2-29-12-3-4-15-34(29)32-23-25-44-42(28-32)40-20-9-10-21-43(40)45(44)33-14-11-13-30(26-33)31-22-24-39-37-18-6-5-16-35(37)36-17-7-8-19-38(36)41(39)27-31/h3-28H,2H2,1H3. The van der Waals surface area contributed by atoms with Gasteiger partial charge in [0.1, 0.15) is 0 Å². The van der Waals surface area contributed by atoms with Crippen molar-refractivity contribution in [2.45, 2.75) is 13.3 Å². The summed E-state index contributed by atoms with van der Waals surface area (Å²) < 4.78 is 2.42. The maximum Gasteiger partial charge on any atom is 0.0541 e. The Morgan fingerprint density at radius 1 is 0.378 bits per heavy atom. The van der Waals surface area contributed by atoms with Gasteiger partial charge in [-0.25, -0.2) is 0 Å². The van der Waals surface area contributed by atoms with Crippen molar-refractivity contribution in [1.82, 2.24) is 4.57 Å². The van der Waals surface area contributed by atoms with Crippen molar-refractivity contribution in [2.75, 3.05) is 0 Å². The lowest BCUT2D eigenvalue weighted by Gasteiger charge is -2.13. The monoisotopic (exact) mass is 573 g/mol. The predicted molar refractivity (Wildman–Crippen MR) is 194 cm³/mol. The van der Waals surface area contributed by atoms with E-state index in [-0.39, 0.29) is 0 Å². The molecule has 9 rings (SSSR count). The van der Waals surface area contributed by atoms with E-state index in [1.807, 2.05) is 0 Å². The fraction of sp³-hybridized carbons (Fsp3) is 0.0455. The average Bonchev–Trinajstić information content (AvgIpc) is 3.45. The molecule has 0 saturated carbocycles. The van der Waals surface area contributed by atoms with Gasteiger partial charge in [-0.15, -0.1) is 0 Å². The van der Waals surface area contributed by atoms with Crippen LogP contribution in [0.2, 0.25) is 0 Å². The van der Waals surface area contributed by atoms with Crippen LogP contribution in [-0.4, -0.2) is 4.57 Å². The van der Waals surface area contributed by atoms with Gasteiger partial charge in [-0.05, 0) is 103 Å². The Bertz CT molecular complexity index is 2550. The van der Waals surface area contributed by atoms with Gasteiger partial charge in [-0.2, -0.15) is 0 Å². The molecule has 0 fully saturated rings. The van der Waals surface area contributed by atoms with Crippen molar-refractivity contribution in [1.29, 1.82) is 0 Å². The molecule has 45 heavy (non-hydrogen) atoms. The Morgan fingerprint density at radius 3 is 1.69 bits per heavy atom. The van der Waals surface area contributed by atoms with Crippen LogP contribution in [0, 0.1) is 0 Å². The molecule has 1 nitrogen and oxygen atoms in total. The fourth-order valence-electron chi connectivity index (χ4n) is 7.44. The van der Waals surface area contributed by atoms with Gasteiger partial charge in [-0.3, -0.25) is 0 Å². The zero-order valence-electron chi connectivity index (χ0n) is 25.2. The summed E-state index contributed by atoms with van der Waals surface area (Å²) in [5.74, 6) is 0. The zero-order chi connectivity index (χ0) is 29.9. The number of aromatic nitrogens is 1. The molecular formula is C44H31N. The molecule has 1 aromatic heterocycles. The van der Waals surface area contributed by atoms with E-state index >= 15 is 0 Å². The van der Waals surface area contributed by atoms with Gasteiger partial charge in [0.15, 0.2) is 0 Å². The summed E-state index contributed by atoms with van der Waals surface area (Å²) in [5, 5.41) is 10.4. The number of fused-ring (bicyclic) bond motifs is 9. The molecule has 0 radical (unpaired) electrons. The Morgan fingerprint density at radius 2 is 0.933 bits per heavy atom. The summed E-state index contributed by atoms with van der Waals surface area (Å²) in [4.78, 5) is 0. The lowest BCUT2D eigenvalue weighted by atomic mass is 9.92. The second-order valence-corrected chi connectivity index (χ2v) is 12.0. The zero-order valence-corrected chi connectivity index (χ0v) is 25.2. The SMILES string of the molecule is CCc1ccccc1-c1ccc2c(c1)c1ccccc1n2-c1cccc(-c2ccc3c4ccccc4c4ccccc4c3c2)c1. The van der Waals surface area contributed by atoms with Crippen molar-refractivity contribution in [3.05, 3.63) is 163 Å². The van der Waals surface area contributed by atoms with Crippen LogP contribution in [0.4, 0.5) is 0 Å². The third-order valence-corrected chi connectivity index (χ3v) is 9.56. The van der Waals surface area contributed by atoms with Crippen LogP contribution in [0.5, 0.6) is 0 Å². The summed E-state index contributed by atoms with van der Waals surface area (Å²) in [6.07, 6.45) is 1.02. The molecule has 212 valence electrons. The van der Waals surface area contributed by atoms with Gasteiger partial charge in [0, 0.05) is 16.5 Å². The maximum atomic E-state index is 2.42. The number of aryl methyl sites for hydroxylation is 1. The fourth-order valence-corrected chi connectivity index (χ4v) is 7.44. The number of hydrogen-bond donors (Lipinski definition) is 0. The number of rotatable bonds is 4. The molecule has 0 saturated heterocycles. The molecular weight excluding hydrogens is 542 g/mol. The minimum Gasteiger partial charge on any atom is -0.309 e. The van der Waals surface area contributed by atoms with Crippen LogP contribution >= 0.6 is 0 Å². The first-order valence-corrected chi connectivity index (χ1v) is 15.8. The van der Waals surface area contributed by atoms with Crippen molar-refractivity contribution in [2.24, 2.45) is 0 Å². The molecule has 9 aromatic rings. The van der Waals surface area contributed by atoms with E-state index in [0.29, 0.717) is 0 Å². The minimum absolute atomic E-state index is 1.02. The van der Waals surface area contributed by atoms with Crippen LogP contribution in [-0.2, 0) is 6.42 Å². The summed E-state index contributed by atoms with van der Waals surface area (Å²) in [6, 6.07) is 58.1. The van der Waals surface area contributed by atoms with E-state index in [1.165, 1.54) is 87.6 Å². The Balaban J connectivity index is 1.23. The Labute approximate surface area is 262 Å². The predicted octanol–water partition coefficient (Wildman–Crippen LogP) is 12.1. The largest absolute Gasteiger partial charge is 0.309 e.